The number of carbonyl (C=O) groups is 2. The molecule has 0 unspecified atom stereocenters. The summed E-state index contributed by atoms with van der Waals surface area (Å²) in [4.78, 5) is 23.0. The van der Waals surface area contributed by atoms with E-state index in [-0.39, 0.29) is 11.9 Å². The molecule has 0 saturated carbocycles. The van der Waals surface area contributed by atoms with Crippen LogP contribution in [0.15, 0.2) is 40.8 Å². The third kappa shape index (κ3) is 4.38. The molecule has 1 aromatic carbocycles. The Hall–Kier alpha value is -2.76. The number of benzene rings is 1. The molecule has 1 heterocycles. The molecule has 0 saturated heterocycles. The maximum atomic E-state index is 12.1. The Morgan fingerprint density at radius 3 is 2.38 bits per heavy atom. The van der Waals surface area contributed by atoms with Crippen LogP contribution in [0.4, 0.5) is 0 Å². The molecular formula is C18H21NO5. The zero-order valence-electron chi connectivity index (χ0n) is 13.9. The van der Waals surface area contributed by atoms with Crippen molar-refractivity contribution in [2.75, 3.05) is 0 Å². The maximum Gasteiger partial charge on any atom is 0.326 e. The Labute approximate surface area is 140 Å². The highest BCUT2D eigenvalue weighted by Gasteiger charge is 2.20. The Morgan fingerprint density at radius 2 is 1.83 bits per heavy atom. The summed E-state index contributed by atoms with van der Waals surface area (Å²) < 4.78 is 11.1. The molecule has 0 bridgehead atoms. The largest absolute Gasteiger partial charge is 0.491 e. The average molecular weight is 331 g/mol. The molecule has 2 aromatic rings. The molecule has 1 atom stereocenters. The SMILES string of the molecule is CC[C@H](NC(=O)c1ccc(-c2ccc(OC(C)C)cc2)o1)C(=O)O. The van der Waals surface area contributed by atoms with Gasteiger partial charge in [0.15, 0.2) is 5.76 Å². The molecule has 6 nitrogen and oxygen atoms in total. The van der Waals surface area contributed by atoms with Crippen LogP contribution in [0, 0.1) is 0 Å². The van der Waals surface area contributed by atoms with Crippen molar-refractivity contribution in [3.63, 3.8) is 0 Å². The molecule has 0 spiro atoms. The zero-order valence-corrected chi connectivity index (χ0v) is 13.9. The Bertz CT molecular complexity index is 702. The van der Waals surface area contributed by atoms with Crippen molar-refractivity contribution in [3.05, 3.63) is 42.2 Å². The topological polar surface area (TPSA) is 88.8 Å². The predicted octanol–water partition coefficient (Wildman–Crippen LogP) is 3.33. The van der Waals surface area contributed by atoms with E-state index in [9.17, 15) is 9.59 Å². The van der Waals surface area contributed by atoms with Crippen molar-refractivity contribution >= 4 is 11.9 Å². The summed E-state index contributed by atoms with van der Waals surface area (Å²) in [5.41, 5.74) is 0.801. The fraction of sp³-hybridized carbons (Fsp3) is 0.333. The van der Waals surface area contributed by atoms with Crippen molar-refractivity contribution in [2.45, 2.75) is 39.3 Å². The lowest BCUT2D eigenvalue weighted by atomic mass is 10.2. The lowest BCUT2D eigenvalue weighted by molar-refractivity contribution is -0.139. The number of carboxylic acid groups (broad SMARTS) is 1. The van der Waals surface area contributed by atoms with Gasteiger partial charge >= 0.3 is 5.97 Å². The van der Waals surface area contributed by atoms with Crippen LogP contribution in [0.3, 0.4) is 0 Å². The number of aliphatic carboxylic acids is 1. The van der Waals surface area contributed by atoms with Gasteiger partial charge in [-0.3, -0.25) is 4.79 Å². The number of hydrogen-bond acceptors (Lipinski definition) is 4. The monoisotopic (exact) mass is 331 g/mol. The fourth-order valence-corrected chi connectivity index (χ4v) is 2.15. The Balaban J connectivity index is 2.09. The third-order valence-electron chi connectivity index (χ3n) is 3.35. The van der Waals surface area contributed by atoms with Crippen LogP contribution < -0.4 is 10.1 Å². The van der Waals surface area contributed by atoms with Gasteiger partial charge in [-0.05, 0) is 56.7 Å². The zero-order chi connectivity index (χ0) is 17.7. The Morgan fingerprint density at radius 1 is 1.17 bits per heavy atom. The highest BCUT2D eigenvalue weighted by Crippen LogP contribution is 2.25. The minimum Gasteiger partial charge on any atom is -0.491 e. The summed E-state index contributed by atoms with van der Waals surface area (Å²) >= 11 is 0. The van der Waals surface area contributed by atoms with Crippen molar-refractivity contribution in [1.29, 1.82) is 0 Å². The summed E-state index contributed by atoms with van der Waals surface area (Å²) in [5.74, 6) is -0.258. The van der Waals surface area contributed by atoms with E-state index in [2.05, 4.69) is 5.32 Å². The number of nitrogens with one attached hydrogen (secondary N) is 1. The minimum atomic E-state index is -1.07. The molecule has 6 heteroatoms. The van der Waals surface area contributed by atoms with Gasteiger partial charge in [0.2, 0.25) is 0 Å². The van der Waals surface area contributed by atoms with Crippen LogP contribution in [0.1, 0.15) is 37.7 Å². The van der Waals surface area contributed by atoms with Crippen molar-refractivity contribution < 1.29 is 23.8 Å². The number of furan rings is 1. The van der Waals surface area contributed by atoms with E-state index in [0.717, 1.165) is 11.3 Å². The van der Waals surface area contributed by atoms with E-state index in [1.165, 1.54) is 6.07 Å². The lowest BCUT2D eigenvalue weighted by Gasteiger charge is -2.10. The van der Waals surface area contributed by atoms with Gasteiger partial charge in [-0.15, -0.1) is 0 Å². The minimum absolute atomic E-state index is 0.0761. The summed E-state index contributed by atoms with van der Waals surface area (Å²) in [6, 6.07) is 9.60. The van der Waals surface area contributed by atoms with Gasteiger partial charge < -0.3 is 19.6 Å². The van der Waals surface area contributed by atoms with Crippen LogP contribution in [0.2, 0.25) is 0 Å². The van der Waals surface area contributed by atoms with Crippen molar-refractivity contribution in [2.24, 2.45) is 0 Å². The predicted molar refractivity (Wildman–Crippen MR) is 89.1 cm³/mol. The standard InChI is InChI=1S/C18H21NO5/c1-4-14(18(21)22)19-17(20)16-10-9-15(24-16)12-5-7-13(8-6-12)23-11(2)3/h5-11,14H,4H2,1-3H3,(H,19,20)(H,21,22)/t14-/m0/s1. The summed E-state index contributed by atoms with van der Waals surface area (Å²) in [5, 5.41) is 11.4. The first-order chi connectivity index (χ1) is 11.4. The number of carboxylic acids is 1. The van der Waals surface area contributed by atoms with Crippen LogP contribution >= 0.6 is 0 Å². The van der Waals surface area contributed by atoms with Gasteiger partial charge in [0, 0.05) is 5.56 Å². The molecule has 2 rings (SSSR count). The third-order valence-corrected chi connectivity index (χ3v) is 3.35. The highest BCUT2D eigenvalue weighted by molar-refractivity contribution is 5.94. The van der Waals surface area contributed by atoms with Crippen molar-refractivity contribution in [1.82, 2.24) is 5.32 Å². The van der Waals surface area contributed by atoms with E-state index in [1.807, 2.05) is 38.1 Å². The first-order valence-electron chi connectivity index (χ1n) is 7.81. The molecule has 1 aromatic heterocycles. The Kier molecular flexibility index (Phi) is 5.63. The second kappa shape index (κ2) is 7.68. The van der Waals surface area contributed by atoms with Gasteiger partial charge in [-0.2, -0.15) is 0 Å². The number of hydrogen-bond donors (Lipinski definition) is 2. The molecule has 0 fully saturated rings. The van der Waals surface area contributed by atoms with E-state index in [0.29, 0.717) is 12.2 Å². The van der Waals surface area contributed by atoms with Crippen LogP contribution in [0.5, 0.6) is 5.75 Å². The van der Waals surface area contributed by atoms with Gasteiger partial charge in [0.1, 0.15) is 17.6 Å². The first kappa shape index (κ1) is 17.6. The summed E-state index contributed by atoms with van der Waals surface area (Å²) in [6.45, 7) is 5.59. The van der Waals surface area contributed by atoms with Gasteiger partial charge in [0.05, 0.1) is 6.10 Å². The maximum absolute atomic E-state index is 12.1. The van der Waals surface area contributed by atoms with Crippen LogP contribution in [0.25, 0.3) is 11.3 Å². The second-order valence-corrected chi connectivity index (χ2v) is 5.63. The molecule has 0 radical (unpaired) electrons. The van der Waals surface area contributed by atoms with Gasteiger partial charge in [-0.1, -0.05) is 6.92 Å². The lowest BCUT2D eigenvalue weighted by Crippen LogP contribution is -2.40. The van der Waals surface area contributed by atoms with Gasteiger partial charge in [0.25, 0.3) is 5.91 Å². The quantitative estimate of drug-likeness (QED) is 0.812. The van der Waals surface area contributed by atoms with E-state index >= 15 is 0 Å². The van der Waals surface area contributed by atoms with E-state index in [1.54, 1.807) is 13.0 Å². The number of carbonyl (C=O) groups excluding carboxylic acids is 1. The highest BCUT2D eigenvalue weighted by atomic mass is 16.5. The first-order valence-corrected chi connectivity index (χ1v) is 7.81. The molecule has 1 amide bonds. The smallest absolute Gasteiger partial charge is 0.326 e. The molecule has 2 N–H and O–H groups in total. The number of amides is 1. The molecule has 0 aliphatic rings. The number of rotatable bonds is 7. The molecular weight excluding hydrogens is 310 g/mol. The molecule has 0 aliphatic carbocycles. The molecule has 24 heavy (non-hydrogen) atoms. The fourth-order valence-electron chi connectivity index (χ4n) is 2.15. The molecule has 0 aliphatic heterocycles. The molecule has 128 valence electrons. The van der Waals surface area contributed by atoms with Crippen LogP contribution in [-0.2, 0) is 4.79 Å². The van der Waals surface area contributed by atoms with Crippen molar-refractivity contribution in [3.8, 4) is 17.1 Å². The normalized spacial score (nSPS) is 12.0. The van der Waals surface area contributed by atoms with E-state index < -0.39 is 17.9 Å². The second-order valence-electron chi connectivity index (χ2n) is 5.63. The number of ether oxygens (including phenoxy) is 1. The van der Waals surface area contributed by atoms with Gasteiger partial charge in [-0.25, -0.2) is 4.79 Å². The summed E-state index contributed by atoms with van der Waals surface area (Å²) in [7, 11) is 0. The van der Waals surface area contributed by atoms with E-state index in [4.69, 9.17) is 14.3 Å². The average Bonchev–Trinajstić information content (AvgIpc) is 3.02. The summed E-state index contributed by atoms with van der Waals surface area (Å²) in [6.07, 6.45) is 0.391. The van der Waals surface area contributed by atoms with Crippen LogP contribution in [-0.4, -0.2) is 29.1 Å².